The molecular formula is C16H25NO3. The number of morpholine rings is 1. The van der Waals surface area contributed by atoms with Crippen LogP contribution in [0.5, 0.6) is 0 Å². The second-order valence-corrected chi connectivity index (χ2v) is 6.13. The minimum Gasteiger partial charge on any atom is -0.379 e. The van der Waals surface area contributed by atoms with Crippen molar-refractivity contribution in [3.05, 3.63) is 11.6 Å². The van der Waals surface area contributed by atoms with Gasteiger partial charge in [0.25, 0.3) is 0 Å². The number of carbonyl (C=O) groups excluding carboxylic acids is 1. The van der Waals surface area contributed by atoms with Crippen LogP contribution in [0.15, 0.2) is 11.6 Å². The monoisotopic (exact) mass is 279 g/mol. The fourth-order valence-corrected chi connectivity index (χ4v) is 3.84. The summed E-state index contributed by atoms with van der Waals surface area (Å²) < 4.78 is 11.3. The molecule has 20 heavy (non-hydrogen) atoms. The summed E-state index contributed by atoms with van der Waals surface area (Å²) in [5.74, 6) is 0.285. The molecule has 1 heterocycles. The zero-order valence-corrected chi connectivity index (χ0v) is 12.3. The van der Waals surface area contributed by atoms with E-state index in [2.05, 4.69) is 11.0 Å². The zero-order chi connectivity index (χ0) is 13.9. The van der Waals surface area contributed by atoms with E-state index in [1.807, 2.05) is 0 Å². The molecule has 0 radical (unpaired) electrons. The van der Waals surface area contributed by atoms with Crippen molar-refractivity contribution < 1.29 is 14.3 Å². The van der Waals surface area contributed by atoms with E-state index in [4.69, 9.17) is 9.47 Å². The summed E-state index contributed by atoms with van der Waals surface area (Å²) in [4.78, 5) is 14.7. The maximum atomic E-state index is 12.6. The number of fused-ring (bicyclic) bond motifs is 1. The molecule has 112 valence electrons. The fourth-order valence-electron chi connectivity index (χ4n) is 3.84. The lowest BCUT2D eigenvalue weighted by atomic mass is 9.96. The van der Waals surface area contributed by atoms with Crippen LogP contribution < -0.4 is 0 Å². The largest absolute Gasteiger partial charge is 0.379 e. The molecule has 4 nitrogen and oxygen atoms in total. The number of hydrogen-bond acceptors (Lipinski definition) is 3. The van der Waals surface area contributed by atoms with Crippen molar-refractivity contribution in [2.75, 3.05) is 20.3 Å². The summed E-state index contributed by atoms with van der Waals surface area (Å²) in [5.41, 5.74) is 1.34. The van der Waals surface area contributed by atoms with Gasteiger partial charge in [-0.1, -0.05) is 11.6 Å². The predicted octanol–water partition coefficient (Wildman–Crippen LogP) is 2.28. The van der Waals surface area contributed by atoms with Gasteiger partial charge in [0.15, 0.2) is 0 Å². The maximum absolute atomic E-state index is 12.6. The topological polar surface area (TPSA) is 38.8 Å². The zero-order valence-electron chi connectivity index (χ0n) is 12.3. The molecular weight excluding hydrogens is 254 g/mol. The van der Waals surface area contributed by atoms with Gasteiger partial charge in [0.1, 0.15) is 6.10 Å². The van der Waals surface area contributed by atoms with Gasteiger partial charge in [-0.05, 0) is 38.5 Å². The molecule has 0 bridgehead atoms. The van der Waals surface area contributed by atoms with E-state index in [1.54, 1.807) is 7.11 Å². The van der Waals surface area contributed by atoms with Gasteiger partial charge in [0.2, 0.25) is 5.91 Å². The van der Waals surface area contributed by atoms with Gasteiger partial charge in [-0.3, -0.25) is 4.79 Å². The molecule has 0 N–H and O–H groups in total. The standard InChI is InChI=1S/C16H25NO3/c1-19-14-8-7-13-16(14)20-10-9-17(13)15(18)11-12-5-3-2-4-6-12/h5,13-14,16H,2-4,6-11H2,1H3/t13-,14+,16+/m0/s1. The van der Waals surface area contributed by atoms with E-state index in [-0.39, 0.29) is 24.2 Å². The molecule has 3 atom stereocenters. The van der Waals surface area contributed by atoms with Crippen LogP contribution in [0.2, 0.25) is 0 Å². The van der Waals surface area contributed by atoms with Gasteiger partial charge < -0.3 is 14.4 Å². The van der Waals surface area contributed by atoms with Crippen LogP contribution in [0, 0.1) is 0 Å². The second kappa shape index (κ2) is 6.27. The van der Waals surface area contributed by atoms with Crippen LogP contribution in [0.1, 0.15) is 44.9 Å². The van der Waals surface area contributed by atoms with E-state index in [9.17, 15) is 4.79 Å². The van der Waals surface area contributed by atoms with Gasteiger partial charge in [0.05, 0.1) is 18.8 Å². The highest BCUT2D eigenvalue weighted by molar-refractivity contribution is 5.79. The van der Waals surface area contributed by atoms with Gasteiger partial charge in [-0.2, -0.15) is 0 Å². The highest BCUT2D eigenvalue weighted by Gasteiger charge is 2.44. The Bertz CT molecular complexity index is 393. The SMILES string of the molecule is CO[C@@H]1CC[C@H]2[C@H]1OCCN2C(=O)CC1=CCCCC1. The van der Waals surface area contributed by atoms with Crippen LogP contribution >= 0.6 is 0 Å². The average Bonchev–Trinajstić information content (AvgIpc) is 2.91. The fraction of sp³-hybridized carbons (Fsp3) is 0.812. The molecule has 0 aromatic rings. The van der Waals surface area contributed by atoms with Gasteiger partial charge >= 0.3 is 0 Å². The first kappa shape index (κ1) is 14.1. The van der Waals surface area contributed by atoms with Crippen LogP contribution in [0.4, 0.5) is 0 Å². The Labute approximate surface area is 121 Å². The van der Waals surface area contributed by atoms with Crippen molar-refractivity contribution in [3.8, 4) is 0 Å². The minimum atomic E-state index is 0.0815. The van der Waals surface area contributed by atoms with Crippen molar-refractivity contribution >= 4 is 5.91 Å². The Morgan fingerprint density at radius 3 is 3.10 bits per heavy atom. The summed E-state index contributed by atoms with van der Waals surface area (Å²) in [6.45, 7) is 1.38. The molecule has 4 heteroatoms. The first-order chi connectivity index (χ1) is 9.79. The van der Waals surface area contributed by atoms with Crippen LogP contribution in [0.3, 0.4) is 0 Å². The molecule has 0 aromatic heterocycles. The van der Waals surface area contributed by atoms with E-state index in [0.717, 1.165) is 32.2 Å². The summed E-state index contributed by atoms with van der Waals surface area (Å²) >= 11 is 0. The molecule has 1 saturated heterocycles. The van der Waals surface area contributed by atoms with Crippen LogP contribution in [-0.2, 0) is 14.3 Å². The third-order valence-electron chi connectivity index (χ3n) is 4.92. The molecule has 0 aromatic carbocycles. The third-order valence-corrected chi connectivity index (χ3v) is 4.92. The number of methoxy groups -OCH3 is 1. The molecule has 2 aliphatic carbocycles. The summed E-state index contributed by atoms with van der Waals surface area (Å²) in [6, 6.07) is 0.227. The van der Waals surface area contributed by atoms with Crippen molar-refractivity contribution in [1.29, 1.82) is 0 Å². The first-order valence-corrected chi connectivity index (χ1v) is 7.91. The molecule has 0 unspecified atom stereocenters. The molecule has 3 rings (SSSR count). The normalized spacial score (nSPS) is 33.8. The number of carbonyl (C=O) groups is 1. The highest BCUT2D eigenvalue weighted by Crippen LogP contribution is 2.33. The van der Waals surface area contributed by atoms with E-state index >= 15 is 0 Å². The van der Waals surface area contributed by atoms with E-state index in [0.29, 0.717) is 13.0 Å². The number of nitrogens with zero attached hydrogens (tertiary/aromatic N) is 1. The van der Waals surface area contributed by atoms with Crippen molar-refractivity contribution in [1.82, 2.24) is 4.90 Å². The smallest absolute Gasteiger partial charge is 0.227 e. The van der Waals surface area contributed by atoms with Crippen LogP contribution in [-0.4, -0.2) is 49.3 Å². The van der Waals surface area contributed by atoms with Gasteiger partial charge in [0, 0.05) is 20.1 Å². The van der Waals surface area contributed by atoms with E-state index in [1.165, 1.54) is 18.4 Å². The number of allylic oxidation sites excluding steroid dienone is 1. The minimum absolute atomic E-state index is 0.0815. The Morgan fingerprint density at radius 1 is 1.45 bits per heavy atom. The summed E-state index contributed by atoms with van der Waals surface area (Å²) in [7, 11) is 1.74. The Kier molecular flexibility index (Phi) is 4.41. The first-order valence-electron chi connectivity index (χ1n) is 7.91. The van der Waals surface area contributed by atoms with Gasteiger partial charge in [-0.15, -0.1) is 0 Å². The number of amides is 1. The van der Waals surface area contributed by atoms with Crippen molar-refractivity contribution in [3.63, 3.8) is 0 Å². The molecule has 3 aliphatic rings. The molecule has 1 amide bonds. The quantitative estimate of drug-likeness (QED) is 0.744. The summed E-state index contributed by atoms with van der Waals surface area (Å²) in [6.07, 6.45) is 9.88. The molecule has 1 aliphatic heterocycles. The molecule has 1 saturated carbocycles. The van der Waals surface area contributed by atoms with Crippen molar-refractivity contribution in [2.45, 2.75) is 63.2 Å². The summed E-state index contributed by atoms with van der Waals surface area (Å²) in [5, 5.41) is 0. The lowest BCUT2D eigenvalue weighted by molar-refractivity contribution is -0.149. The lowest BCUT2D eigenvalue weighted by Gasteiger charge is -2.39. The Morgan fingerprint density at radius 2 is 2.35 bits per heavy atom. The predicted molar refractivity (Wildman–Crippen MR) is 76.4 cm³/mol. The van der Waals surface area contributed by atoms with E-state index < -0.39 is 0 Å². The van der Waals surface area contributed by atoms with Crippen LogP contribution in [0.25, 0.3) is 0 Å². The Balaban J connectivity index is 1.63. The second-order valence-electron chi connectivity index (χ2n) is 6.13. The highest BCUT2D eigenvalue weighted by atomic mass is 16.5. The molecule has 0 spiro atoms. The number of hydrogen-bond donors (Lipinski definition) is 0. The third kappa shape index (κ3) is 2.77. The average molecular weight is 279 g/mol. The van der Waals surface area contributed by atoms with Crippen molar-refractivity contribution in [2.24, 2.45) is 0 Å². The molecule has 2 fully saturated rings. The lowest BCUT2D eigenvalue weighted by Crippen LogP contribution is -2.53. The number of ether oxygens (including phenoxy) is 2. The Hall–Kier alpha value is -0.870. The maximum Gasteiger partial charge on any atom is 0.227 e. The number of rotatable bonds is 3. The van der Waals surface area contributed by atoms with Gasteiger partial charge in [-0.25, -0.2) is 0 Å².